The van der Waals surface area contributed by atoms with Crippen molar-refractivity contribution in [1.82, 2.24) is 0 Å². The second kappa shape index (κ2) is 4.12. The Bertz CT molecular complexity index is 623. The van der Waals surface area contributed by atoms with Gasteiger partial charge >= 0.3 is 0 Å². The summed E-state index contributed by atoms with van der Waals surface area (Å²) in [5.74, 6) is 1.33. The number of carbonyl (C=O) groups is 1. The summed E-state index contributed by atoms with van der Waals surface area (Å²) in [6.07, 6.45) is 0. The van der Waals surface area contributed by atoms with Crippen molar-refractivity contribution in [2.24, 2.45) is 0 Å². The number of alkyl halides is 1. The van der Waals surface area contributed by atoms with Crippen LogP contribution in [0.5, 0.6) is 5.75 Å². The third kappa shape index (κ3) is 1.60. The fourth-order valence-electron chi connectivity index (χ4n) is 3.19. The van der Waals surface area contributed by atoms with Gasteiger partial charge in [-0.2, -0.15) is 0 Å². The Morgan fingerprint density at radius 1 is 1.40 bits per heavy atom. The summed E-state index contributed by atoms with van der Waals surface area (Å²) in [6.45, 7) is 10.4. The van der Waals surface area contributed by atoms with Gasteiger partial charge in [-0.15, -0.1) is 0 Å². The summed E-state index contributed by atoms with van der Waals surface area (Å²) in [4.78, 5) is 12.2. The summed E-state index contributed by atoms with van der Waals surface area (Å²) < 4.78 is 7.26. The number of hydrogen-bond donors (Lipinski definition) is 1. The van der Waals surface area contributed by atoms with Crippen molar-refractivity contribution in [1.29, 1.82) is 0 Å². The molecule has 0 aliphatic carbocycles. The minimum absolute atomic E-state index is 0.0586. The summed E-state index contributed by atoms with van der Waals surface area (Å²) in [5, 5.41) is 3.03. The largest absolute Gasteiger partial charge is 0.485 e. The van der Waals surface area contributed by atoms with Gasteiger partial charge in [0.1, 0.15) is 11.4 Å². The maximum absolute atomic E-state index is 12.2. The monoisotopic (exact) mass is 385 g/mol. The van der Waals surface area contributed by atoms with Gasteiger partial charge in [-0.1, -0.05) is 29.5 Å². The highest BCUT2D eigenvalue weighted by Crippen LogP contribution is 2.55. The smallest absolute Gasteiger partial charge is 0.234 e. The van der Waals surface area contributed by atoms with Crippen molar-refractivity contribution >= 4 is 34.2 Å². The first-order valence-electron chi connectivity index (χ1n) is 6.97. The molecular formula is C16H20INO2. The predicted molar refractivity (Wildman–Crippen MR) is 89.2 cm³/mol. The van der Waals surface area contributed by atoms with Gasteiger partial charge in [0.2, 0.25) is 5.91 Å². The molecule has 0 bridgehead atoms. The van der Waals surface area contributed by atoms with Crippen LogP contribution in [0.25, 0.3) is 0 Å². The van der Waals surface area contributed by atoms with Crippen LogP contribution < -0.4 is 10.1 Å². The van der Waals surface area contributed by atoms with Crippen LogP contribution in [0.15, 0.2) is 6.07 Å². The van der Waals surface area contributed by atoms with Gasteiger partial charge < -0.3 is 10.1 Å². The van der Waals surface area contributed by atoms with E-state index in [1.165, 1.54) is 5.56 Å². The van der Waals surface area contributed by atoms with Crippen LogP contribution in [0.1, 0.15) is 50.3 Å². The van der Waals surface area contributed by atoms with E-state index in [-0.39, 0.29) is 11.5 Å². The van der Waals surface area contributed by atoms with Crippen molar-refractivity contribution in [2.45, 2.75) is 51.6 Å². The number of rotatable bonds is 1. The Hall–Kier alpha value is -0.780. The summed E-state index contributed by atoms with van der Waals surface area (Å²) >= 11 is 2.38. The molecule has 0 aromatic heterocycles. The lowest BCUT2D eigenvalue weighted by Crippen LogP contribution is -2.35. The molecule has 2 unspecified atom stereocenters. The fraction of sp³-hybridized carbons (Fsp3) is 0.562. The number of fused-ring (bicyclic) bond motifs is 3. The number of hydrogen-bond acceptors (Lipinski definition) is 2. The first-order chi connectivity index (χ1) is 9.22. The standard InChI is InChI=1S/C16H20INO2/c1-8-6-10-9(2)16(5,7-17)20-13(10)11-12(8)18-14(19)15(11,3)4/h6,9H,7H2,1-5H3,(H,18,19). The molecule has 0 spiro atoms. The van der Waals surface area contributed by atoms with E-state index in [2.05, 4.69) is 54.7 Å². The molecule has 2 heterocycles. The maximum atomic E-state index is 12.2. The number of carbonyl (C=O) groups excluding carboxylic acids is 1. The van der Waals surface area contributed by atoms with E-state index in [1.807, 2.05) is 13.8 Å². The second-order valence-corrected chi connectivity index (χ2v) is 7.47. The minimum atomic E-state index is -0.526. The zero-order chi connectivity index (χ0) is 14.9. The number of amides is 1. The van der Waals surface area contributed by atoms with Crippen LogP contribution in [0, 0.1) is 6.92 Å². The molecule has 3 nitrogen and oxygen atoms in total. The average Bonchev–Trinajstić information content (AvgIpc) is 2.77. The molecular weight excluding hydrogens is 365 g/mol. The van der Waals surface area contributed by atoms with Gasteiger partial charge in [0.05, 0.1) is 11.1 Å². The van der Waals surface area contributed by atoms with E-state index in [1.54, 1.807) is 0 Å². The SMILES string of the molecule is Cc1cc2c(c3c1NC(=O)C3(C)C)OC(C)(CI)C2C. The highest BCUT2D eigenvalue weighted by Gasteiger charge is 2.49. The Morgan fingerprint density at radius 3 is 2.65 bits per heavy atom. The van der Waals surface area contributed by atoms with Crippen molar-refractivity contribution in [3.63, 3.8) is 0 Å². The van der Waals surface area contributed by atoms with Gasteiger partial charge in [-0.3, -0.25) is 4.79 Å². The molecule has 2 atom stereocenters. The minimum Gasteiger partial charge on any atom is -0.485 e. The van der Waals surface area contributed by atoms with E-state index in [4.69, 9.17) is 4.74 Å². The second-order valence-electron chi connectivity index (χ2n) is 6.71. The number of benzene rings is 1. The van der Waals surface area contributed by atoms with Gasteiger partial charge in [0, 0.05) is 21.5 Å². The zero-order valence-electron chi connectivity index (χ0n) is 12.6. The third-order valence-electron chi connectivity index (χ3n) is 4.92. The van der Waals surface area contributed by atoms with Gasteiger partial charge in [-0.25, -0.2) is 0 Å². The van der Waals surface area contributed by atoms with Crippen molar-refractivity contribution in [3.8, 4) is 5.75 Å². The van der Waals surface area contributed by atoms with Crippen LogP contribution >= 0.6 is 22.6 Å². The van der Waals surface area contributed by atoms with Gasteiger partial charge in [0.15, 0.2) is 0 Å². The molecule has 1 N–H and O–H groups in total. The van der Waals surface area contributed by atoms with Crippen LogP contribution in [0.3, 0.4) is 0 Å². The fourth-order valence-corrected chi connectivity index (χ4v) is 4.01. The average molecular weight is 385 g/mol. The first-order valence-corrected chi connectivity index (χ1v) is 8.49. The molecule has 1 aromatic rings. The number of anilines is 1. The Morgan fingerprint density at radius 2 is 2.05 bits per heavy atom. The van der Waals surface area contributed by atoms with E-state index in [0.29, 0.717) is 5.92 Å². The predicted octanol–water partition coefficient (Wildman–Crippen LogP) is 3.91. The van der Waals surface area contributed by atoms with Crippen molar-refractivity contribution in [2.75, 3.05) is 9.74 Å². The van der Waals surface area contributed by atoms with Crippen LogP contribution in [0.4, 0.5) is 5.69 Å². The topological polar surface area (TPSA) is 38.3 Å². The van der Waals surface area contributed by atoms with E-state index >= 15 is 0 Å². The highest BCUT2D eigenvalue weighted by molar-refractivity contribution is 14.1. The first kappa shape index (κ1) is 14.2. The number of halogens is 1. The van der Waals surface area contributed by atoms with Crippen LogP contribution in [-0.2, 0) is 10.2 Å². The Kier molecular flexibility index (Phi) is 2.92. The highest BCUT2D eigenvalue weighted by atomic mass is 127. The molecule has 4 heteroatoms. The third-order valence-corrected chi connectivity index (χ3v) is 6.43. The van der Waals surface area contributed by atoms with E-state index < -0.39 is 5.41 Å². The summed E-state index contributed by atoms with van der Waals surface area (Å²) in [7, 11) is 0. The lowest BCUT2D eigenvalue weighted by Gasteiger charge is -2.27. The summed E-state index contributed by atoms with van der Waals surface area (Å²) in [6, 6.07) is 2.18. The molecule has 0 radical (unpaired) electrons. The van der Waals surface area contributed by atoms with Gasteiger partial charge in [0.25, 0.3) is 0 Å². The van der Waals surface area contributed by atoms with E-state index in [0.717, 1.165) is 27.0 Å². The number of aryl methyl sites for hydroxylation is 1. The Balaban J connectivity index is 2.28. The normalized spacial score (nSPS) is 29.7. The Labute approximate surface area is 133 Å². The molecule has 0 saturated heterocycles. The zero-order valence-corrected chi connectivity index (χ0v) is 14.7. The lowest BCUT2D eigenvalue weighted by molar-refractivity contribution is -0.119. The van der Waals surface area contributed by atoms with Crippen LogP contribution in [-0.4, -0.2) is 15.9 Å². The number of ether oxygens (including phenoxy) is 1. The van der Waals surface area contributed by atoms with Crippen molar-refractivity contribution < 1.29 is 9.53 Å². The molecule has 2 aliphatic heterocycles. The molecule has 1 aromatic carbocycles. The number of nitrogens with one attached hydrogen (secondary N) is 1. The molecule has 108 valence electrons. The maximum Gasteiger partial charge on any atom is 0.234 e. The molecule has 1 amide bonds. The molecule has 20 heavy (non-hydrogen) atoms. The molecule has 0 fully saturated rings. The van der Waals surface area contributed by atoms with E-state index in [9.17, 15) is 4.79 Å². The molecule has 0 saturated carbocycles. The van der Waals surface area contributed by atoms with Crippen molar-refractivity contribution in [3.05, 3.63) is 22.8 Å². The quantitative estimate of drug-likeness (QED) is 0.588. The molecule has 2 aliphatic rings. The lowest BCUT2D eigenvalue weighted by atomic mass is 9.81. The summed E-state index contributed by atoms with van der Waals surface area (Å²) in [5.41, 5.74) is 3.64. The molecule has 3 rings (SSSR count). The van der Waals surface area contributed by atoms with Crippen LogP contribution in [0.2, 0.25) is 0 Å². The van der Waals surface area contributed by atoms with Gasteiger partial charge in [-0.05, 0) is 39.3 Å².